The fraction of sp³-hybridized carbons (Fsp3) is 1.00. The third-order valence-corrected chi connectivity index (χ3v) is 15.3. The first-order valence-electron chi connectivity index (χ1n) is 36.2. The van der Waals surface area contributed by atoms with Gasteiger partial charge in [0.15, 0.2) is 0 Å². The molecule has 9 unspecified atom stereocenters. The van der Waals surface area contributed by atoms with Crippen molar-refractivity contribution < 1.29 is 194 Å². The van der Waals surface area contributed by atoms with Crippen LogP contribution in [0.25, 0.3) is 0 Å². The van der Waals surface area contributed by atoms with E-state index < -0.39 is 0 Å². The summed E-state index contributed by atoms with van der Waals surface area (Å²) in [5, 5.41) is 83.8. The summed E-state index contributed by atoms with van der Waals surface area (Å²) in [6, 6.07) is 0. The Kier molecular flexibility index (Phi) is 165. The quantitative estimate of drug-likeness (QED) is 0.0261. The van der Waals surface area contributed by atoms with Gasteiger partial charge in [-0.15, -0.1) is 0 Å². The van der Waals surface area contributed by atoms with E-state index in [-0.39, 0.29) is 203 Å². The Morgan fingerprint density at radius 3 is 0.636 bits per heavy atom. The summed E-state index contributed by atoms with van der Waals surface area (Å²) in [5.41, 5.74) is 0. The molecule has 9 N–H and O–H groups in total. The number of aliphatic hydroxyl groups is 9. The SMILES string of the molecule is CC(C)C(O)CN(C)C.CCC(O)CN(C)C.CCC(O)CN(C)CC.CCC(O)CN(CC)CC.CCCCC(O)CN(C)C.CCCCC(O)CN(C)CC.CCCCC(O)CN(CC)CC.CCN(C)CC(O)C(C)C.CCN(CC)CC(O)C(C)C.[Ni].[Ni].[Ni].[Ni].[Ni].[Ni].[Ni].[Ni].[Ni]. The van der Waals surface area contributed by atoms with Gasteiger partial charge >= 0.3 is 0 Å². The second kappa shape index (κ2) is 110. The number of unbranched alkanes of at least 4 members (excludes halogenated alkanes) is 3. The van der Waals surface area contributed by atoms with Crippen molar-refractivity contribution in [1.82, 2.24) is 44.1 Å². The van der Waals surface area contributed by atoms with Crippen molar-refractivity contribution in [3.05, 3.63) is 0 Å². The Morgan fingerprint density at radius 2 is 0.414 bits per heavy atom. The molecule has 0 aromatic heterocycles. The largest absolute Gasteiger partial charge is 0.392 e. The van der Waals surface area contributed by atoms with Crippen molar-refractivity contribution in [3.63, 3.8) is 0 Å². The van der Waals surface area contributed by atoms with Gasteiger partial charge in [-0.25, -0.2) is 0 Å². The normalized spacial score (nSPS) is 13.0. The summed E-state index contributed by atoms with van der Waals surface area (Å²) in [4.78, 5) is 19.1. The molecule has 0 radical (unpaired) electrons. The molecule has 0 saturated carbocycles. The Hall–Kier alpha value is 3.72. The summed E-state index contributed by atoms with van der Waals surface area (Å²) < 4.78 is 0. The van der Waals surface area contributed by atoms with Crippen LogP contribution in [0.5, 0.6) is 0 Å². The predicted molar refractivity (Wildman–Crippen MR) is 397 cm³/mol. The van der Waals surface area contributed by atoms with Crippen molar-refractivity contribution in [2.24, 2.45) is 17.8 Å². The molecule has 0 heterocycles. The van der Waals surface area contributed by atoms with E-state index in [0.717, 1.165) is 176 Å². The number of hydrogen-bond donors (Lipinski definition) is 9. The van der Waals surface area contributed by atoms with Gasteiger partial charge in [0.25, 0.3) is 0 Å². The maximum absolute atomic E-state index is 9.57. The van der Waals surface area contributed by atoms with Crippen LogP contribution in [0.4, 0.5) is 0 Å². The Labute approximate surface area is 708 Å². The van der Waals surface area contributed by atoms with Gasteiger partial charge in [0.05, 0.1) is 54.9 Å². The second-order valence-corrected chi connectivity index (χ2v) is 26.3. The molecule has 0 saturated heterocycles. The van der Waals surface area contributed by atoms with Gasteiger partial charge in [0.1, 0.15) is 0 Å². The molecule has 0 rings (SSSR count). The molecule has 18 nitrogen and oxygen atoms in total. The van der Waals surface area contributed by atoms with Crippen LogP contribution in [0.15, 0.2) is 0 Å². The zero-order valence-corrected chi connectivity index (χ0v) is 77.9. The third-order valence-electron chi connectivity index (χ3n) is 15.3. The molecular formula is C72H171N9Ni9O9. The summed E-state index contributed by atoms with van der Waals surface area (Å²) >= 11 is 0. The molecular weight excluding hydrogens is 1660 g/mol. The molecule has 99 heavy (non-hydrogen) atoms. The first-order chi connectivity index (χ1) is 41.9. The van der Waals surface area contributed by atoms with Crippen LogP contribution in [0, 0.1) is 17.8 Å². The average Bonchev–Trinajstić information content (AvgIpc) is 1.75. The van der Waals surface area contributed by atoms with Crippen molar-refractivity contribution in [2.45, 2.75) is 277 Å². The fourth-order valence-corrected chi connectivity index (χ4v) is 7.56. The second-order valence-electron chi connectivity index (χ2n) is 26.3. The molecule has 0 bridgehead atoms. The van der Waals surface area contributed by atoms with Gasteiger partial charge < -0.3 is 90.1 Å². The minimum absolute atomic E-state index is 0. The number of aliphatic hydroxyl groups excluding tert-OH is 9. The fourth-order valence-electron chi connectivity index (χ4n) is 7.56. The monoisotopic (exact) mass is 1830 g/mol. The van der Waals surface area contributed by atoms with Crippen LogP contribution in [0.2, 0.25) is 0 Å². The third kappa shape index (κ3) is 131. The van der Waals surface area contributed by atoms with Crippen LogP contribution in [0.3, 0.4) is 0 Å². The average molecular weight is 1840 g/mol. The van der Waals surface area contributed by atoms with Crippen molar-refractivity contribution in [1.29, 1.82) is 0 Å². The first kappa shape index (κ1) is 148. The predicted octanol–water partition coefficient (Wildman–Crippen LogP) is 9.44. The van der Waals surface area contributed by atoms with Gasteiger partial charge in [0, 0.05) is 207 Å². The van der Waals surface area contributed by atoms with Gasteiger partial charge in [0.2, 0.25) is 0 Å². The van der Waals surface area contributed by atoms with Gasteiger partial charge in [-0.3, -0.25) is 0 Å². The molecule has 0 aliphatic rings. The standard InChI is InChI=1S/C10H23NO.2C9H21NO.3C8H19NO.2C7H17NO.C6H15NO.9Ni/c1-4-7-8-10(12)9-11(5-2)6-3;1-5-10(6-2)7-9(11)8(3)4;1-4-6-7-9(11)8-10(3)5-2;1-5-9(4)6-8(10)7(2)3;1-4-5-6-8(10)7-9(2)3;1-4-8(10)7-9(5-2)6-3;1-6(2)7(9)5-8(3)4;1-4-7(9)6-8(3)5-2;1-4-6(8)5-7(2)3;;;;;;;;;/h10,12H,4-9H2,1-3H3;8-9,11H,5-7H2,1-4H3;9,11H,4-8H2,1-3H3;7-8,10H,5-6H2,1-4H3;2*8,10H,4-7H2,1-3H3;6-7,9H,5H2,1-4H3;7,9H,4-6H2,1-3H3;6,8H,4-5H2,1-3H3;;;;;;;;;. The van der Waals surface area contributed by atoms with Gasteiger partial charge in [-0.05, 0) is 179 Å². The maximum Gasteiger partial charge on any atom is 0.0689 e. The smallest absolute Gasteiger partial charge is 0.0689 e. The minimum atomic E-state index is -0.181. The molecule has 0 aliphatic carbocycles. The first-order valence-corrected chi connectivity index (χ1v) is 36.2. The van der Waals surface area contributed by atoms with Crippen LogP contribution in [-0.2, 0) is 148 Å². The zero-order valence-electron chi connectivity index (χ0n) is 69.0. The van der Waals surface area contributed by atoms with Gasteiger partial charge in [-0.1, -0.05) is 184 Å². The van der Waals surface area contributed by atoms with Crippen LogP contribution >= 0.6 is 0 Å². The minimum Gasteiger partial charge on any atom is -0.392 e. The summed E-state index contributed by atoms with van der Waals surface area (Å²) in [7, 11) is 17.9. The van der Waals surface area contributed by atoms with Crippen molar-refractivity contribution in [2.75, 3.05) is 181 Å². The van der Waals surface area contributed by atoms with E-state index in [0.29, 0.717) is 17.8 Å². The zero-order chi connectivity index (χ0) is 72.3. The Morgan fingerprint density at radius 1 is 0.222 bits per heavy atom. The van der Waals surface area contributed by atoms with Crippen LogP contribution < -0.4 is 0 Å². The topological polar surface area (TPSA) is 211 Å². The molecule has 0 aliphatic heterocycles. The molecule has 0 spiro atoms. The van der Waals surface area contributed by atoms with Crippen LogP contribution in [-0.4, -0.2) is 326 Å². The Balaban J connectivity index is -0.0000000462. The molecule has 0 amide bonds. The number of nitrogens with zero attached hydrogens (tertiary/aromatic N) is 9. The summed E-state index contributed by atoms with van der Waals surface area (Å²) in [6.07, 6.45) is 11.0. The molecule has 9 atom stereocenters. The Bertz CT molecular complexity index is 1300. The molecule has 0 aromatic carbocycles. The van der Waals surface area contributed by atoms with Crippen molar-refractivity contribution >= 4 is 0 Å². The van der Waals surface area contributed by atoms with E-state index in [1.165, 1.54) is 19.3 Å². The van der Waals surface area contributed by atoms with E-state index in [1.54, 1.807) is 0 Å². The number of hydrogen-bond acceptors (Lipinski definition) is 18. The molecule has 648 valence electrons. The van der Waals surface area contributed by atoms with E-state index in [4.69, 9.17) is 10.2 Å². The number of likely N-dealkylation sites (N-methyl/N-ethyl adjacent to an activating group) is 9. The molecule has 0 aromatic rings. The number of rotatable bonds is 42. The van der Waals surface area contributed by atoms with Gasteiger partial charge in [-0.2, -0.15) is 0 Å². The maximum atomic E-state index is 9.57. The summed E-state index contributed by atoms with van der Waals surface area (Å²) in [5.74, 6) is 1.11. The van der Waals surface area contributed by atoms with E-state index in [1.807, 2.05) is 140 Å². The van der Waals surface area contributed by atoms with E-state index in [2.05, 4.69) is 112 Å². The van der Waals surface area contributed by atoms with E-state index >= 15 is 0 Å². The molecule has 27 heteroatoms. The van der Waals surface area contributed by atoms with E-state index in [9.17, 15) is 35.7 Å². The molecule has 0 fully saturated rings. The summed E-state index contributed by atoms with van der Waals surface area (Å²) in [6.45, 7) is 60.1. The van der Waals surface area contributed by atoms with Crippen LogP contribution in [0.1, 0.15) is 222 Å². The van der Waals surface area contributed by atoms with Crippen molar-refractivity contribution in [3.8, 4) is 0 Å².